The summed E-state index contributed by atoms with van der Waals surface area (Å²) < 4.78 is 26.1. The molecule has 5 heteroatoms. The van der Waals surface area contributed by atoms with Crippen LogP contribution in [0, 0.1) is 11.6 Å². The van der Waals surface area contributed by atoms with Gasteiger partial charge in [0.1, 0.15) is 0 Å². The van der Waals surface area contributed by atoms with Gasteiger partial charge in [-0.2, -0.15) is 0 Å². The Balaban J connectivity index is 1.78. The number of nitrogens with one attached hydrogen (secondary N) is 1. The first-order valence-electron chi connectivity index (χ1n) is 7.17. The summed E-state index contributed by atoms with van der Waals surface area (Å²) in [4.78, 5) is 12.1. The number of anilines is 1. The van der Waals surface area contributed by atoms with Gasteiger partial charge in [0.2, 0.25) is 0 Å². The molecule has 0 saturated carbocycles. The van der Waals surface area contributed by atoms with Crippen LogP contribution >= 0.6 is 0 Å². The number of halogens is 2. The molecule has 114 valence electrons. The third-order valence-corrected chi connectivity index (χ3v) is 3.91. The van der Waals surface area contributed by atoms with Gasteiger partial charge in [0.15, 0.2) is 11.6 Å². The molecule has 1 amide bonds. The molecule has 0 fully saturated rings. The number of aryl methyl sites for hydroxylation is 1. The van der Waals surface area contributed by atoms with Crippen LogP contribution < -0.4 is 11.1 Å². The molecule has 0 heterocycles. The predicted molar refractivity (Wildman–Crippen MR) is 80.8 cm³/mol. The molecule has 3 nitrogen and oxygen atoms in total. The van der Waals surface area contributed by atoms with Crippen LogP contribution in [0.4, 0.5) is 14.5 Å². The van der Waals surface area contributed by atoms with Crippen LogP contribution in [0.25, 0.3) is 0 Å². The Bertz CT molecular complexity index is 731. The first kappa shape index (κ1) is 14.7. The van der Waals surface area contributed by atoms with E-state index in [2.05, 4.69) is 5.32 Å². The maximum atomic E-state index is 13.2. The molecule has 1 aliphatic carbocycles. The molecule has 0 aliphatic heterocycles. The zero-order valence-electron chi connectivity index (χ0n) is 11.9. The summed E-state index contributed by atoms with van der Waals surface area (Å²) >= 11 is 0. The molecule has 3 N–H and O–H groups in total. The van der Waals surface area contributed by atoms with Crippen LogP contribution in [0.1, 0.15) is 27.9 Å². The van der Waals surface area contributed by atoms with Gasteiger partial charge in [-0.1, -0.05) is 6.07 Å². The second-order valence-electron chi connectivity index (χ2n) is 5.57. The molecule has 1 unspecified atom stereocenters. The number of fused-ring (bicyclic) bond motifs is 1. The van der Waals surface area contributed by atoms with E-state index in [-0.39, 0.29) is 11.6 Å². The highest BCUT2D eigenvalue weighted by atomic mass is 19.2. The van der Waals surface area contributed by atoms with Gasteiger partial charge in [0, 0.05) is 17.3 Å². The van der Waals surface area contributed by atoms with E-state index in [1.165, 1.54) is 17.2 Å². The largest absolute Gasteiger partial charge is 0.327 e. The highest BCUT2D eigenvalue weighted by Gasteiger charge is 2.16. The van der Waals surface area contributed by atoms with Gasteiger partial charge < -0.3 is 11.1 Å². The third-order valence-electron chi connectivity index (χ3n) is 3.91. The Morgan fingerprint density at radius 1 is 1.09 bits per heavy atom. The molecule has 2 aromatic carbocycles. The lowest BCUT2D eigenvalue weighted by molar-refractivity contribution is 0.102. The first-order chi connectivity index (χ1) is 10.5. The van der Waals surface area contributed by atoms with Crippen molar-refractivity contribution >= 4 is 11.6 Å². The van der Waals surface area contributed by atoms with Crippen molar-refractivity contribution in [3.05, 3.63) is 64.7 Å². The molecule has 1 atom stereocenters. The molecule has 22 heavy (non-hydrogen) atoms. The van der Waals surface area contributed by atoms with Crippen LogP contribution in [-0.2, 0) is 12.8 Å². The standard InChI is InChI=1S/C17H16F2N2O/c18-15-6-3-12(9-16(15)19)17(22)21-14-5-2-10-7-13(20)4-1-11(10)8-14/h2-3,5-6,8-9,13H,1,4,7,20H2,(H,21,22). The van der Waals surface area contributed by atoms with Crippen molar-refractivity contribution in [3.8, 4) is 0 Å². The molecule has 0 bridgehead atoms. The topological polar surface area (TPSA) is 55.1 Å². The molecule has 1 aliphatic rings. The number of carbonyl (C=O) groups excluding carboxylic acids is 1. The molecule has 0 spiro atoms. The molecular weight excluding hydrogens is 286 g/mol. The van der Waals surface area contributed by atoms with Crippen molar-refractivity contribution in [2.75, 3.05) is 5.32 Å². The Morgan fingerprint density at radius 3 is 2.68 bits per heavy atom. The number of hydrogen-bond acceptors (Lipinski definition) is 2. The molecule has 0 aromatic heterocycles. The lowest BCUT2D eigenvalue weighted by atomic mass is 9.88. The zero-order valence-corrected chi connectivity index (χ0v) is 11.9. The van der Waals surface area contributed by atoms with Gasteiger partial charge in [0.25, 0.3) is 5.91 Å². The molecule has 0 radical (unpaired) electrons. The Kier molecular flexibility index (Phi) is 3.90. The van der Waals surface area contributed by atoms with Crippen molar-refractivity contribution < 1.29 is 13.6 Å². The van der Waals surface area contributed by atoms with Gasteiger partial charge in [-0.05, 0) is 60.7 Å². The van der Waals surface area contributed by atoms with Crippen molar-refractivity contribution in [2.24, 2.45) is 5.73 Å². The second kappa shape index (κ2) is 5.85. The van der Waals surface area contributed by atoms with Crippen LogP contribution in [0.15, 0.2) is 36.4 Å². The van der Waals surface area contributed by atoms with Crippen molar-refractivity contribution in [1.82, 2.24) is 0 Å². The fraction of sp³-hybridized carbons (Fsp3) is 0.235. The normalized spacial score (nSPS) is 17.0. The zero-order chi connectivity index (χ0) is 15.7. The quantitative estimate of drug-likeness (QED) is 0.896. The van der Waals surface area contributed by atoms with Crippen molar-refractivity contribution in [2.45, 2.75) is 25.3 Å². The highest BCUT2D eigenvalue weighted by Crippen LogP contribution is 2.24. The Morgan fingerprint density at radius 2 is 1.91 bits per heavy atom. The fourth-order valence-electron chi connectivity index (χ4n) is 2.70. The fourth-order valence-corrected chi connectivity index (χ4v) is 2.70. The number of rotatable bonds is 2. The minimum Gasteiger partial charge on any atom is -0.327 e. The van der Waals surface area contributed by atoms with E-state index in [4.69, 9.17) is 5.73 Å². The molecule has 2 aromatic rings. The Hall–Kier alpha value is -2.27. The average molecular weight is 302 g/mol. The van der Waals surface area contributed by atoms with E-state index in [9.17, 15) is 13.6 Å². The molecule has 3 rings (SSSR count). The van der Waals surface area contributed by atoms with Crippen molar-refractivity contribution in [3.63, 3.8) is 0 Å². The highest BCUT2D eigenvalue weighted by molar-refractivity contribution is 6.04. The lowest BCUT2D eigenvalue weighted by Gasteiger charge is -2.22. The summed E-state index contributed by atoms with van der Waals surface area (Å²) in [7, 11) is 0. The minimum atomic E-state index is -1.04. The average Bonchev–Trinajstić information content (AvgIpc) is 2.50. The molecular formula is C17H16F2N2O. The lowest BCUT2D eigenvalue weighted by Crippen LogP contribution is -2.27. The summed E-state index contributed by atoms with van der Waals surface area (Å²) in [5, 5.41) is 2.71. The number of nitrogens with two attached hydrogens (primary N) is 1. The van der Waals surface area contributed by atoms with Gasteiger partial charge in [0.05, 0.1) is 0 Å². The predicted octanol–water partition coefficient (Wildman–Crippen LogP) is 3.03. The van der Waals surface area contributed by atoms with Gasteiger partial charge in [-0.15, -0.1) is 0 Å². The Labute approximate surface area is 127 Å². The molecule has 0 saturated heterocycles. The van der Waals surface area contributed by atoms with E-state index in [1.807, 2.05) is 12.1 Å². The van der Waals surface area contributed by atoms with Gasteiger partial charge in [-0.25, -0.2) is 8.78 Å². The van der Waals surface area contributed by atoms with Gasteiger partial charge in [-0.3, -0.25) is 4.79 Å². The van der Waals surface area contributed by atoms with E-state index in [1.54, 1.807) is 6.07 Å². The van der Waals surface area contributed by atoms with Crippen LogP contribution in [0.2, 0.25) is 0 Å². The van der Waals surface area contributed by atoms with Crippen LogP contribution in [0.3, 0.4) is 0 Å². The van der Waals surface area contributed by atoms with E-state index >= 15 is 0 Å². The first-order valence-corrected chi connectivity index (χ1v) is 7.17. The summed E-state index contributed by atoms with van der Waals surface area (Å²) in [5.74, 6) is -2.47. The maximum absolute atomic E-state index is 13.2. The number of carbonyl (C=O) groups is 1. The summed E-state index contributed by atoms with van der Waals surface area (Å²) in [5.41, 5.74) is 9.03. The third kappa shape index (κ3) is 2.99. The smallest absolute Gasteiger partial charge is 0.255 e. The van der Waals surface area contributed by atoms with Gasteiger partial charge >= 0.3 is 0 Å². The number of hydrogen-bond donors (Lipinski definition) is 2. The maximum Gasteiger partial charge on any atom is 0.255 e. The summed E-state index contributed by atoms with van der Waals surface area (Å²) in [6.45, 7) is 0. The SMILES string of the molecule is NC1CCc2cc(NC(=O)c3ccc(F)c(F)c3)ccc2C1. The summed E-state index contributed by atoms with van der Waals surface area (Å²) in [6, 6.07) is 8.95. The minimum absolute atomic E-state index is 0.0821. The summed E-state index contributed by atoms with van der Waals surface area (Å²) in [6.07, 6.45) is 2.64. The van der Waals surface area contributed by atoms with Crippen LogP contribution in [0.5, 0.6) is 0 Å². The number of benzene rings is 2. The van der Waals surface area contributed by atoms with Crippen molar-refractivity contribution in [1.29, 1.82) is 0 Å². The number of amides is 1. The second-order valence-corrected chi connectivity index (χ2v) is 5.57. The van der Waals surface area contributed by atoms with E-state index < -0.39 is 17.5 Å². The van der Waals surface area contributed by atoms with E-state index in [0.29, 0.717) is 5.69 Å². The van der Waals surface area contributed by atoms with Crippen LogP contribution in [-0.4, -0.2) is 11.9 Å². The monoisotopic (exact) mass is 302 g/mol. The van der Waals surface area contributed by atoms with E-state index in [0.717, 1.165) is 31.4 Å².